The standard InChI is InChI=1S/C20H25N5O/c1-14-17(16-4-2-3-5-18(16)26-14)13-24-9-6-15(7-10-24)20-23-22-19-12-21-8-11-25(19)20/h2-5,15,21H,6-13H2,1H3. The minimum absolute atomic E-state index is 0.535. The molecule has 0 atom stereocenters. The Morgan fingerprint density at radius 2 is 2.00 bits per heavy atom. The van der Waals surface area contributed by atoms with Crippen molar-refractivity contribution in [3.05, 3.63) is 47.2 Å². The first-order valence-corrected chi connectivity index (χ1v) is 9.61. The van der Waals surface area contributed by atoms with E-state index in [1.807, 2.05) is 6.07 Å². The molecule has 2 aliphatic rings. The van der Waals surface area contributed by atoms with Gasteiger partial charge in [0.25, 0.3) is 0 Å². The van der Waals surface area contributed by atoms with Crippen LogP contribution in [0, 0.1) is 6.92 Å². The molecule has 1 fully saturated rings. The lowest BCUT2D eigenvalue weighted by Crippen LogP contribution is -2.34. The Balaban J connectivity index is 1.29. The second kappa shape index (κ2) is 6.52. The van der Waals surface area contributed by atoms with E-state index in [0.717, 1.165) is 69.3 Å². The third-order valence-corrected chi connectivity index (χ3v) is 5.89. The molecule has 2 aromatic heterocycles. The Morgan fingerprint density at radius 1 is 1.15 bits per heavy atom. The first kappa shape index (κ1) is 16.0. The van der Waals surface area contributed by atoms with Crippen molar-refractivity contribution >= 4 is 11.0 Å². The summed E-state index contributed by atoms with van der Waals surface area (Å²) >= 11 is 0. The molecule has 0 saturated carbocycles. The number of para-hydroxylation sites is 1. The summed E-state index contributed by atoms with van der Waals surface area (Å²) in [6, 6.07) is 8.36. The van der Waals surface area contributed by atoms with Gasteiger partial charge in [0.1, 0.15) is 23.0 Å². The molecule has 26 heavy (non-hydrogen) atoms. The van der Waals surface area contributed by atoms with Crippen molar-refractivity contribution in [3.8, 4) is 0 Å². The summed E-state index contributed by atoms with van der Waals surface area (Å²) in [5.74, 6) is 3.88. The van der Waals surface area contributed by atoms with Gasteiger partial charge < -0.3 is 14.3 Å². The quantitative estimate of drug-likeness (QED) is 0.786. The van der Waals surface area contributed by atoms with Crippen LogP contribution in [0.25, 0.3) is 11.0 Å². The van der Waals surface area contributed by atoms with E-state index < -0.39 is 0 Å². The number of aromatic nitrogens is 3. The van der Waals surface area contributed by atoms with Gasteiger partial charge in [-0.3, -0.25) is 4.90 Å². The molecule has 1 N–H and O–H groups in total. The number of hydrogen-bond acceptors (Lipinski definition) is 5. The van der Waals surface area contributed by atoms with E-state index >= 15 is 0 Å². The Hall–Kier alpha value is -2.18. The van der Waals surface area contributed by atoms with Gasteiger partial charge in [0, 0.05) is 36.5 Å². The summed E-state index contributed by atoms with van der Waals surface area (Å²) in [4.78, 5) is 2.55. The average Bonchev–Trinajstić information content (AvgIpc) is 3.24. The average molecular weight is 351 g/mol. The second-order valence-corrected chi connectivity index (χ2v) is 7.49. The summed E-state index contributed by atoms with van der Waals surface area (Å²) in [6.07, 6.45) is 2.31. The van der Waals surface area contributed by atoms with Crippen molar-refractivity contribution in [2.24, 2.45) is 0 Å². The SMILES string of the molecule is Cc1oc2ccccc2c1CN1CCC(c2nnc3n2CCNC3)CC1. The molecule has 3 aromatic rings. The van der Waals surface area contributed by atoms with E-state index in [9.17, 15) is 0 Å². The molecule has 0 aliphatic carbocycles. The summed E-state index contributed by atoms with van der Waals surface area (Å²) in [5.41, 5.74) is 2.34. The van der Waals surface area contributed by atoms with Crippen molar-refractivity contribution < 1.29 is 4.42 Å². The van der Waals surface area contributed by atoms with Crippen LogP contribution in [0.2, 0.25) is 0 Å². The number of hydrogen-bond donors (Lipinski definition) is 1. The molecule has 1 saturated heterocycles. The zero-order valence-electron chi connectivity index (χ0n) is 15.2. The smallest absolute Gasteiger partial charge is 0.147 e. The van der Waals surface area contributed by atoms with Crippen LogP contribution < -0.4 is 5.32 Å². The number of piperidine rings is 1. The van der Waals surface area contributed by atoms with Gasteiger partial charge in [0.15, 0.2) is 0 Å². The molecular weight excluding hydrogens is 326 g/mol. The van der Waals surface area contributed by atoms with E-state index in [1.165, 1.54) is 16.8 Å². The number of nitrogens with zero attached hydrogens (tertiary/aromatic N) is 4. The zero-order chi connectivity index (χ0) is 17.5. The first-order chi connectivity index (χ1) is 12.8. The number of likely N-dealkylation sites (tertiary alicyclic amines) is 1. The van der Waals surface area contributed by atoms with E-state index in [0.29, 0.717) is 5.92 Å². The fourth-order valence-electron chi connectivity index (χ4n) is 4.41. The largest absolute Gasteiger partial charge is 0.461 e. The molecule has 6 nitrogen and oxygen atoms in total. The molecule has 0 radical (unpaired) electrons. The lowest BCUT2D eigenvalue weighted by atomic mass is 9.95. The maximum Gasteiger partial charge on any atom is 0.147 e. The molecule has 4 heterocycles. The van der Waals surface area contributed by atoms with Gasteiger partial charge in [-0.15, -0.1) is 10.2 Å². The number of rotatable bonds is 3. The Kier molecular flexibility index (Phi) is 4.02. The van der Waals surface area contributed by atoms with Gasteiger partial charge in [-0.25, -0.2) is 0 Å². The van der Waals surface area contributed by atoms with Gasteiger partial charge in [-0.05, 0) is 38.9 Å². The fraction of sp³-hybridized carbons (Fsp3) is 0.500. The van der Waals surface area contributed by atoms with Crippen LogP contribution in [-0.2, 0) is 19.6 Å². The van der Waals surface area contributed by atoms with Gasteiger partial charge in [0.05, 0.1) is 6.54 Å². The molecule has 1 aromatic carbocycles. The van der Waals surface area contributed by atoms with Crippen LogP contribution in [0.5, 0.6) is 0 Å². The summed E-state index contributed by atoms with van der Waals surface area (Å²) in [7, 11) is 0. The number of fused-ring (bicyclic) bond motifs is 2. The normalized spacial score (nSPS) is 19.1. The van der Waals surface area contributed by atoms with Crippen LogP contribution >= 0.6 is 0 Å². The highest BCUT2D eigenvalue weighted by atomic mass is 16.3. The highest BCUT2D eigenvalue weighted by Gasteiger charge is 2.27. The summed E-state index contributed by atoms with van der Waals surface area (Å²) in [5, 5.41) is 13.5. The zero-order valence-corrected chi connectivity index (χ0v) is 15.2. The van der Waals surface area contributed by atoms with Crippen LogP contribution in [0.15, 0.2) is 28.7 Å². The molecule has 136 valence electrons. The number of benzene rings is 1. The molecule has 0 spiro atoms. The van der Waals surface area contributed by atoms with Crippen LogP contribution in [0.1, 0.15) is 41.7 Å². The maximum atomic E-state index is 5.93. The van der Waals surface area contributed by atoms with Crippen molar-refractivity contribution in [1.82, 2.24) is 25.0 Å². The number of nitrogens with one attached hydrogen (secondary N) is 1. The topological polar surface area (TPSA) is 59.1 Å². The third kappa shape index (κ3) is 2.73. The van der Waals surface area contributed by atoms with Crippen LogP contribution in [-0.4, -0.2) is 39.3 Å². The highest BCUT2D eigenvalue weighted by molar-refractivity contribution is 5.82. The van der Waals surface area contributed by atoms with Gasteiger partial charge in [-0.2, -0.15) is 0 Å². The van der Waals surface area contributed by atoms with Crippen LogP contribution in [0.3, 0.4) is 0 Å². The predicted molar refractivity (Wildman–Crippen MR) is 99.9 cm³/mol. The van der Waals surface area contributed by atoms with Gasteiger partial charge in [0.2, 0.25) is 0 Å². The lowest BCUT2D eigenvalue weighted by Gasteiger charge is -2.32. The van der Waals surface area contributed by atoms with Crippen molar-refractivity contribution in [3.63, 3.8) is 0 Å². The highest BCUT2D eigenvalue weighted by Crippen LogP contribution is 2.31. The molecule has 6 heteroatoms. The molecule has 0 bridgehead atoms. The summed E-state index contributed by atoms with van der Waals surface area (Å²) in [6.45, 7) is 8.12. The van der Waals surface area contributed by atoms with Crippen molar-refractivity contribution in [2.75, 3.05) is 19.6 Å². The van der Waals surface area contributed by atoms with E-state index in [1.54, 1.807) is 0 Å². The Labute approximate surface area is 153 Å². The molecular formula is C20H25N5O. The predicted octanol–water partition coefficient (Wildman–Crippen LogP) is 2.82. The van der Waals surface area contributed by atoms with Crippen LogP contribution in [0.4, 0.5) is 0 Å². The minimum atomic E-state index is 0.535. The number of aryl methyl sites for hydroxylation is 1. The molecule has 2 aliphatic heterocycles. The van der Waals surface area contributed by atoms with Gasteiger partial charge >= 0.3 is 0 Å². The van der Waals surface area contributed by atoms with Gasteiger partial charge in [-0.1, -0.05) is 18.2 Å². The summed E-state index contributed by atoms with van der Waals surface area (Å²) < 4.78 is 8.27. The molecule has 0 unspecified atom stereocenters. The maximum absolute atomic E-state index is 5.93. The Morgan fingerprint density at radius 3 is 2.88 bits per heavy atom. The Bertz CT molecular complexity index is 920. The van der Waals surface area contributed by atoms with Crippen molar-refractivity contribution in [2.45, 2.75) is 45.3 Å². The van der Waals surface area contributed by atoms with E-state index in [4.69, 9.17) is 4.42 Å². The van der Waals surface area contributed by atoms with Crippen molar-refractivity contribution in [1.29, 1.82) is 0 Å². The minimum Gasteiger partial charge on any atom is -0.461 e. The molecule has 5 rings (SSSR count). The molecule has 0 amide bonds. The monoisotopic (exact) mass is 351 g/mol. The fourth-order valence-corrected chi connectivity index (χ4v) is 4.41. The third-order valence-electron chi connectivity index (χ3n) is 5.89. The number of furan rings is 1. The second-order valence-electron chi connectivity index (χ2n) is 7.49. The van der Waals surface area contributed by atoms with E-state index in [2.05, 4.69) is 50.1 Å². The first-order valence-electron chi connectivity index (χ1n) is 9.61. The van der Waals surface area contributed by atoms with E-state index in [-0.39, 0.29) is 0 Å². The lowest BCUT2D eigenvalue weighted by molar-refractivity contribution is 0.199.